The highest BCUT2D eigenvalue weighted by Gasteiger charge is 2.15. The van der Waals surface area contributed by atoms with Gasteiger partial charge in [-0.2, -0.15) is 0 Å². The number of rotatable bonds is 4. The predicted octanol–water partition coefficient (Wildman–Crippen LogP) is 1.75. The monoisotopic (exact) mass is 185 g/mol. The van der Waals surface area contributed by atoms with E-state index in [2.05, 4.69) is 0 Å². The van der Waals surface area contributed by atoms with E-state index in [1.807, 2.05) is 32.8 Å². The van der Waals surface area contributed by atoms with Gasteiger partial charge in [-0.3, -0.25) is 0 Å². The summed E-state index contributed by atoms with van der Waals surface area (Å²) in [6, 6.07) is 0.195. The van der Waals surface area contributed by atoms with Crippen LogP contribution in [-0.2, 0) is 4.79 Å². The molecule has 0 fully saturated rings. The molecule has 0 spiro atoms. The minimum absolute atomic E-state index is 0.195. The van der Waals surface area contributed by atoms with Crippen LogP contribution in [0.25, 0.3) is 0 Å². The molecule has 0 saturated heterocycles. The molecule has 0 rings (SSSR count). The maximum Gasteiger partial charge on any atom is 0.331 e. The fourth-order valence-electron chi connectivity index (χ4n) is 1.32. The first-order valence-electron chi connectivity index (χ1n) is 4.51. The SMILES string of the molecule is CC/C(=C(/C)C(=O)O)C(C)N(C)C. The van der Waals surface area contributed by atoms with Crippen LogP contribution in [0.2, 0.25) is 0 Å². The van der Waals surface area contributed by atoms with E-state index in [1.165, 1.54) is 0 Å². The fraction of sp³-hybridized carbons (Fsp3) is 0.700. The molecule has 0 aromatic carbocycles. The average Bonchev–Trinajstić information content (AvgIpc) is 2.04. The highest BCUT2D eigenvalue weighted by molar-refractivity contribution is 5.87. The van der Waals surface area contributed by atoms with Gasteiger partial charge < -0.3 is 10.0 Å². The summed E-state index contributed by atoms with van der Waals surface area (Å²) in [5.41, 5.74) is 1.47. The summed E-state index contributed by atoms with van der Waals surface area (Å²) in [5, 5.41) is 8.84. The van der Waals surface area contributed by atoms with E-state index in [0.29, 0.717) is 5.57 Å². The van der Waals surface area contributed by atoms with Gasteiger partial charge in [0.15, 0.2) is 0 Å². The number of carboxylic acids is 1. The van der Waals surface area contributed by atoms with Gasteiger partial charge in [0, 0.05) is 11.6 Å². The average molecular weight is 185 g/mol. The van der Waals surface area contributed by atoms with Gasteiger partial charge >= 0.3 is 5.97 Å². The third kappa shape index (κ3) is 3.19. The van der Waals surface area contributed by atoms with E-state index in [4.69, 9.17) is 5.11 Å². The first-order valence-corrected chi connectivity index (χ1v) is 4.51. The lowest BCUT2D eigenvalue weighted by atomic mass is 9.99. The summed E-state index contributed by atoms with van der Waals surface area (Å²) in [7, 11) is 3.91. The van der Waals surface area contributed by atoms with Crippen LogP contribution in [0, 0.1) is 0 Å². The van der Waals surface area contributed by atoms with Gasteiger partial charge in [0.1, 0.15) is 0 Å². The third-order valence-electron chi connectivity index (χ3n) is 2.46. The first kappa shape index (κ1) is 12.2. The van der Waals surface area contributed by atoms with E-state index in [9.17, 15) is 4.79 Å². The van der Waals surface area contributed by atoms with Crippen LogP contribution >= 0.6 is 0 Å². The molecule has 0 aromatic rings. The lowest BCUT2D eigenvalue weighted by Crippen LogP contribution is -2.28. The fourth-order valence-corrected chi connectivity index (χ4v) is 1.32. The van der Waals surface area contributed by atoms with Crippen LogP contribution in [0.15, 0.2) is 11.1 Å². The molecule has 0 bridgehead atoms. The highest BCUT2D eigenvalue weighted by Crippen LogP contribution is 2.16. The van der Waals surface area contributed by atoms with Crippen molar-refractivity contribution in [2.45, 2.75) is 33.2 Å². The van der Waals surface area contributed by atoms with Gasteiger partial charge in [-0.1, -0.05) is 6.92 Å². The second-order valence-electron chi connectivity index (χ2n) is 3.45. The van der Waals surface area contributed by atoms with Crippen molar-refractivity contribution in [1.82, 2.24) is 4.90 Å². The van der Waals surface area contributed by atoms with E-state index in [0.717, 1.165) is 12.0 Å². The van der Waals surface area contributed by atoms with Gasteiger partial charge in [-0.05, 0) is 39.9 Å². The van der Waals surface area contributed by atoms with Crippen molar-refractivity contribution in [3.8, 4) is 0 Å². The molecule has 3 heteroatoms. The van der Waals surface area contributed by atoms with Crippen LogP contribution in [0.4, 0.5) is 0 Å². The Morgan fingerprint density at radius 3 is 2.15 bits per heavy atom. The third-order valence-corrected chi connectivity index (χ3v) is 2.46. The molecule has 1 unspecified atom stereocenters. The van der Waals surface area contributed by atoms with Gasteiger partial charge in [-0.15, -0.1) is 0 Å². The summed E-state index contributed by atoms with van der Waals surface area (Å²) >= 11 is 0. The second kappa shape index (κ2) is 5.02. The van der Waals surface area contributed by atoms with Crippen LogP contribution in [0.1, 0.15) is 27.2 Å². The van der Waals surface area contributed by atoms with Gasteiger partial charge in [0.25, 0.3) is 0 Å². The molecular formula is C10H19NO2. The molecule has 13 heavy (non-hydrogen) atoms. The maximum atomic E-state index is 10.8. The zero-order valence-corrected chi connectivity index (χ0v) is 9.09. The largest absolute Gasteiger partial charge is 0.478 e. The van der Waals surface area contributed by atoms with Gasteiger partial charge in [0.2, 0.25) is 0 Å². The molecule has 0 aliphatic rings. The Hall–Kier alpha value is -0.830. The lowest BCUT2D eigenvalue weighted by molar-refractivity contribution is -0.132. The normalized spacial score (nSPS) is 15.5. The molecule has 1 N–H and O–H groups in total. The Labute approximate surface area is 80.0 Å². The van der Waals surface area contributed by atoms with Crippen molar-refractivity contribution in [3.05, 3.63) is 11.1 Å². The van der Waals surface area contributed by atoms with Crippen molar-refractivity contribution in [2.24, 2.45) is 0 Å². The molecule has 76 valence electrons. The first-order chi connectivity index (χ1) is 5.91. The number of carbonyl (C=O) groups is 1. The summed E-state index contributed by atoms with van der Waals surface area (Å²) in [4.78, 5) is 12.8. The molecule has 0 saturated carbocycles. The summed E-state index contributed by atoms with van der Waals surface area (Å²) < 4.78 is 0. The topological polar surface area (TPSA) is 40.5 Å². The lowest BCUT2D eigenvalue weighted by Gasteiger charge is -2.23. The van der Waals surface area contributed by atoms with Crippen LogP contribution in [-0.4, -0.2) is 36.1 Å². The summed E-state index contributed by atoms with van der Waals surface area (Å²) in [5.74, 6) is -0.814. The Morgan fingerprint density at radius 2 is 1.92 bits per heavy atom. The predicted molar refractivity (Wildman–Crippen MR) is 53.8 cm³/mol. The number of hydrogen-bond donors (Lipinski definition) is 1. The Kier molecular flexibility index (Phi) is 4.70. The van der Waals surface area contributed by atoms with Crippen molar-refractivity contribution >= 4 is 5.97 Å². The second-order valence-corrected chi connectivity index (χ2v) is 3.45. The smallest absolute Gasteiger partial charge is 0.331 e. The summed E-state index contributed by atoms with van der Waals surface area (Å²) in [6.45, 7) is 5.67. The van der Waals surface area contributed by atoms with Crippen LogP contribution in [0.5, 0.6) is 0 Å². The van der Waals surface area contributed by atoms with Gasteiger partial charge in [-0.25, -0.2) is 4.79 Å². The number of carboxylic acid groups (broad SMARTS) is 1. The zero-order valence-electron chi connectivity index (χ0n) is 9.09. The standard InChI is InChI=1S/C10H19NO2/c1-6-9(7(2)10(12)13)8(3)11(4)5/h8H,6H2,1-5H3,(H,12,13)/b9-7+. The Balaban J connectivity index is 4.87. The molecule has 0 amide bonds. The molecule has 1 atom stereocenters. The van der Waals surface area contributed by atoms with Crippen molar-refractivity contribution in [2.75, 3.05) is 14.1 Å². The zero-order chi connectivity index (χ0) is 10.6. The Morgan fingerprint density at radius 1 is 1.46 bits per heavy atom. The molecule has 0 heterocycles. The summed E-state index contributed by atoms with van der Waals surface area (Å²) in [6.07, 6.45) is 0.789. The van der Waals surface area contributed by atoms with E-state index in [1.54, 1.807) is 6.92 Å². The highest BCUT2D eigenvalue weighted by atomic mass is 16.4. The van der Waals surface area contributed by atoms with Crippen molar-refractivity contribution in [3.63, 3.8) is 0 Å². The molecule has 0 aliphatic carbocycles. The number of aliphatic carboxylic acids is 1. The quantitative estimate of drug-likeness (QED) is 0.678. The molecule has 0 aromatic heterocycles. The molecular weight excluding hydrogens is 166 g/mol. The molecule has 0 aliphatic heterocycles. The maximum absolute atomic E-state index is 10.8. The minimum Gasteiger partial charge on any atom is -0.478 e. The molecule has 0 radical (unpaired) electrons. The van der Waals surface area contributed by atoms with Crippen LogP contribution < -0.4 is 0 Å². The molecule has 3 nitrogen and oxygen atoms in total. The minimum atomic E-state index is -0.814. The number of nitrogens with zero attached hydrogens (tertiary/aromatic N) is 1. The Bertz CT molecular complexity index is 219. The van der Waals surface area contributed by atoms with Gasteiger partial charge in [0.05, 0.1) is 0 Å². The van der Waals surface area contributed by atoms with E-state index >= 15 is 0 Å². The van der Waals surface area contributed by atoms with E-state index < -0.39 is 5.97 Å². The van der Waals surface area contributed by atoms with Crippen LogP contribution in [0.3, 0.4) is 0 Å². The number of hydrogen-bond acceptors (Lipinski definition) is 2. The van der Waals surface area contributed by atoms with Crippen molar-refractivity contribution in [1.29, 1.82) is 0 Å². The van der Waals surface area contributed by atoms with E-state index in [-0.39, 0.29) is 6.04 Å². The van der Waals surface area contributed by atoms with Crippen molar-refractivity contribution < 1.29 is 9.90 Å². The number of likely N-dealkylation sites (N-methyl/N-ethyl adjacent to an activating group) is 1.